The second-order valence-corrected chi connectivity index (χ2v) is 12.5. The average molecular weight is 505 g/mol. The van der Waals surface area contributed by atoms with Crippen LogP contribution in [0.4, 0.5) is 0 Å². The maximum absolute atomic E-state index is 14.0. The van der Waals surface area contributed by atoms with Crippen molar-refractivity contribution in [3.63, 3.8) is 0 Å². The molecule has 0 radical (unpaired) electrons. The normalized spacial score (nSPS) is 49.9. The van der Waals surface area contributed by atoms with Crippen molar-refractivity contribution in [2.45, 2.75) is 85.0 Å². The van der Waals surface area contributed by atoms with Crippen LogP contribution in [0.2, 0.25) is 0 Å². The molecule has 0 aromatic carbocycles. The average Bonchev–Trinajstić information content (AvgIpc) is 3.21. The van der Waals surface area contributed by atoms with E-state index in [0.29, 0.717) is 12.8 Å². The Morgan fingerprint density at radius 1 is 1.06 bits per heavy atom. The monoisotopic (exact) mass is 504 g/mol. The molecule has 0 aromatic rings. The van der Waals surface area contributed by atoms with Gasteiger partial charge in [-0.2, -0.15) is 0 Å². The molecule has 3 saturated carbocycles. The standard InChI is InChI=1S/C27H36O9/c1-12-6-16(29)24(33)26(4)15(12)8-19-27(5)18(9-21(31)36-19)25(3,10-17(22(26)27)35-13(2)28)23(32)14-7-20(30)34-11-14/h12,14-19,22,29H,6-11H2,1-5H3/t12-,14?,15+,16+,17-,18+,19-,22-,25-,26+,27-/m1/s1. The first-order chi connectivity index (χ1) is 16.7. The molecule has 5 rings (SSSR count). The summed E-state index contributed by atoms with van der Waals surface area (Å²) in [5, 5.41) is 10.8. The number of rotatable bonds is 3. The molecule has 11 atom stereocenters. The van der Waals surface area contributed by atoms with Crippen LogP contribution in [0.1, 0.15) is 66.7 Å². The lowest BCUT2D eigenvalue weighted by Gasteiger charge is -2.70. The minimum atomic E-state index is -1.12. The van der Waals surface area contributed by atoms with Crippen LogP contribution in [0.5, 0.6) is 0 Å². The number of cyclic esters (lactones) is 1. The van der Waals surface area contributed by atoms with Gasteiger partial charge in [-0.25, -0.2) is 0 Å². The predicted octanol–water partition coefficient (Wildman–Crippen LogP) is 2.01. The second kappa shape index (κ2) is 8.10. The van der Waals surface area contributed by atoms with Crippen LogP contribution in [-0.2, 0) is 38.2 Å². The molecule has 3 aliphatic carbocycles. The van der Waals surface area contributed by atoms with Gasteiger partial charge < -0.3 is 19.3 Å². The van der Waals surface area contributed by atoms with Crippen LogP contribution in [0.3, 0.4) is 0 Å². The second-order valence-electron chi connectivity index (χ2n) is 12.5. The quantitative estimate of drug-likeness (QED) is 0.452. The highest BCUT2D eigenvalue weighted by atomic mass is 16.6. The summed E-state index contributed by atoms with van der Waals surface area (Å²) >= 11 is 0. The maximum atomic E-state index is 14.0. The van der Waals surface area contributed by atoms with Gasteiger partial charge in [-0.3, -0.25) is 24.0 Å². The lowest BCUT2D eigenvalue weighted by atomic mass is 9.35. The largest absolute Gasteiger partial charge is 0.465 e. The van der Waals surface area contributed by atoms with Crippen molar-refractivity contribution < 1.29 is 43.3 Å². The molecule has 9 nitrogen and oxygen atoms in total. The third-order valence-corrected chi connectivity index (χ3v) is 10.6. The lowest BCUT2D eigenvalue weighted by molar-refractivity contribution is -0.277. The number of hydrogen-bond acceptors (Lipinski definition) is 9. The Morgan fingerprint density at radius 2 is 1.75 bits per heavy atom. The summed E-state index contributed by atoms with van der Waals surface area (Å²) in [5.41, 5.74) is -2.99. The van der Waals surface area contributed by atoms with Gasteiger partial charge in [-0.1, -0.05) is 27.7 Å². The molecule has 2 saturated heterocycles. The topological polar surface area (TPSA) is 133 Å². The molecule has 1 unspecified atom stereocenters. The smallest absolute Gasteiger partial charge is 0.306 e. The summed E-state index contributed by atoms with van der Waals surface area (Å²) in [7, 11) is 0. The summed E-state index contributed by atoms with van der Waals surface area (Å²) in [6.45, 7) is 8.91. The number of Topliss-reactive ketones (excluding diaryl/α,β-unsaturated/α-hetero) is 2. The molecule has 0 bridgehead atoms. The summed E-state index contributed by atoms with van der Waals surface area (Å²) < 4.78 is 17.0. The molecule has 5 aliphatic rings. The highest BCUT2D eigenvalue weighted by molar-refractivity contribution is 5.93. The van der Waals surface area contributed by atoms with Gasteiger partial charge in [-0.15, -0.1) is 0 Å². The Morgan fingerprint density at radius 3 is 2.36 bits per heavy atom. The number of carbonyl (C=O) groups is 5. The number of esters is 3. The van der Waals surface area contributed by atoms with Crippen molar-refractivity contribution in [3.8, 4) is 0 Å². The first-order valence-corrected chi connectivity index (χ1v) is 13.0. The van der Waals surface area contributed by atoms with Crippen LogP contribution < -0.4 is 0 Å². The lowest BCUT2D eigenvalue weighted by Crippen LogP contribution is -2.74. The first kappa shape index (κ1) is 25.4. The number of fused-ring (bicyclic) bond motifs is 2. The highest BCUT2D eigenvalue weighted by Gasteiger charge is 2.75. The van der Waals surface area contributed by atoms with Crippen molar-refractivity contribution in [1.82, 2.24) is 0 Å². The van der Waals surface area contributed by atoms with Crippen LogP contribution in [-0.4, -0.2) is 59.5 Å². The number of carbonyl (C=O) groups excluding carboxylic acids is 5. The van der Waals surface area contributed by atoms with Gasteiger partial charge in [-0.05, 0) is 37.0 Å². The maximum Gasteiger partial charge on any atom is 0.306 e. The Bertz CT molecular complexity index is 1040. The van der Waals surface area contributed by atoms with Crippen LogP contribution in [0.15, 0.2) is 0 Å². The predicted molar refractivity (Wildman–Crippen MR) is 123 cm³/mol. The van der Waals surface area contributed by atoms with E-state index in [1.54, 1.807) is 6.92 Å². The third-order valence-electron chi connectivity index (χ3n) is 10.6. The fourth-order valence-corrected chi connectivity index (χ4v) is 9.28. The Balaban J connectivity index is 1.68. The van der Waals surface area contributed by atoms with E-state index in [-0.39, 0.29) is 55.2 Å². The van der Waals surface area contributed by atoms with Crippen LogP contribution >= 0.6 is 0 Å². The van der Waals surface area contributed by atoms with E-state index in [1.165, 1.54) is 6.92 Å². The zero-order chi connectivity index (χ0) is 26.4. The van der Waals surface area contributed by atoms with E-state index in [4.69, 9.17) is 14.2 Å². The Labute approximate surface area is 210 Å². The molecule has 0 amide bonds. The minimum Gasteiger partial charge on any atom is -0.465 e. The van der Waals surface area contributed by atoms with Gasteiger partial charge >= 0.3 is 17.9 Å². The molecular formula is C27H36O9. The molecule has 36 heavy (non-hydrogen) atoms. The van der Waals surface area contributed by atoms with Gasteiger partial charge in [0.15, 0.2) is 5.78 Å². The highest BCUT2D eigenvalue weighted by Crippen LogP contribution is 2.71. The summed E-state index contributed by atoms with van der Waals surface area (Å²) in [6.07, 6.45) is -1.62. The fourth-order valence-electron chi connectivity index (χ4n) is 9.28. The van der Waals surface area contributed by atoms with Gasteiger partial charge in [0.05, 0.1) is 12.3 Å². The SMILES string of the molecule is CC(=O)O[C@@H]1C[C@@](C)(C(=O)C2COC(=O)C2)[C@@H]2CC(=O)O[C@@H]3C[C@H]4[C@H](C)C[C@H](O)C(=O)[C@]4(C)[C@@H]1[C@]23C. The number of aliphatic hydroxyl groups excluding tert-OH is 1. The van der Waals surface area contributed by atoms with E-state index < -0.39 is 64.2 Å². The van der Waals surface area contributed by atoms with Crippen molar-refractivity contribution in [2.24, 2.45) is 45.8 Å². The zero-order valence-corrected chi connectivity index (χ0v) is 21.6. The number of aliphatic hydroxyl groups is 1. The van der Waals surface area contributed by atoms with Crippen LogP contribution in [0.25, 0.3) is 0 Å². The minimum absolute atomic E-state index is 0.00574. The zero-order valence-electron chi connectivity index (χ0n) is 21.6. The van der Waals surface area contributed by atoms with Gasteiger partial charge in [0.25, 0.3) is 0 Å². The first-order valence-electron chi connectivity index (χ1n) is 13.0. The van der Waals surface area contributed by atoms with Crippen molar-refractivity contribution in [1.29, 1.82) is 0 Å². The Kier molecular flexibility index (Phi) is 5.71. The molecular weight excluding hydrogens is 468 g/mol. The third kappa shape index (κ3) is 3.26. The van der Waals surface area contributed by atoms with Gasteiger partial charge in [0.2, 0.25) is 0 Å². The molecule has 0 aromatic heterocycles. The van der Waals surface area contributed by atoms with E-state index in [1.807, 2.05) is 20.8 Å². The summed E-state index contributed by atoms with van der Waals surface area (Å²) in [6, 6.07) is 0. The molecule has 0 spiro atoms. The van der Waals surface area contributed by atoms with E-state index in [2.05, 4.69) is 0 Å². The number of hydrogen-bond donors (Lipinski definition) is 1. The summed E-state index contributed by atoms with van der Waals surface area (Å²) in [5.74, 6) is -3.67. The molecule has 1 N–H and O–H groups in total. The van der Waals surface area contributed by atoms with E-state index in [9.17, 15) is 29.1 Å². The van der Waals surface area contributed by atoms with Crippen molar-refractivity contribution in [2.75, 3.05) is 6.61 Å². The van der Waals surface area contributed by atoms with Gasteiger partial charge in [0, 0.05) is 35.5 Å². The van der Waals surface area contributed by atoms with Crippen molar-refractivity contribution in [3.05, 3.63) is 0 Å². The van der Waals surface area contributed by atoms with Gasteiger partial charge in [0.1, 0.15) is 30.7 Å². The Hall–Kier alpha value is -2.29. The molecule has 198 valence electrons. The molecule has 5 fully saturated rings. The van der Waals surface area contributed by atoms with Crippen molar-refractivity contribution >= 4 is 29.5 Å². The fraction of sp³-hybridized carbons (Fsp3) is 0.815. The number of ether oxygens (including phenoxy) is 3. The molecule has 2 heterocycles. The number of ketones is 2. The molecule has 9 heteroatoms. The van der Waals surface area contributed by atoms with Crippen LogP contribution in [0, 0.1) is 45.8 Å². The van der Waals surface area contributed by atoms with E-state index >= 15 is 0 Å². The molecule has 2 aliphatic heterocycles. The summed E-state index contributed by atoms with van der Waals surface area (Å²) in [4.78, 5) is 64.9. The van der Waals surface area contributed by atoms with E-state index in [0.717, 1.165) is 0 Å².